The van der Waals surface area contributed by atoms with Crippen LogP contribution in [0.15, 0.2) is 479 Å². The largest absolute Gasteiger partial charge is 0.345 e. The van der Waals surface area contributed by atoms with E-state index in [2.05, 4.69) is 512 Å². The molecule has 18 aromatic rings. The van der Waals surface area contributed by atoms with Gasteiger partial charge >= 0.3 is 0 Å². The van der Waals surface area contributed by atoms with Crippen LogP contribution in [0.1, 0.15) is 0 Å². The quantitative estimate of drug-likeness (QED) is 0.0752. The topological polar surface area (TPSA) is 19.4 Å². The zero-order valence-electron chi connectivity index (χ0n) is 64.8. The third-order valence-corrected chi connectivity index (χ3v) is 21.1. The zero-order chi connectivity index (χ0) is 77.9. The number of hydrogen-bond donors (Lipinski definition) is 0. The van der Waals surface area contributed by atoms with Gasteiger partial charge in [0.2, 0.25) is 0 Å². The molecule has 0 unspecified atom stereocenters. The first-order valence-electron chi connectivity index (χ1n) is 39.1. The lowest BCUT2D eigenvalue weighted by atomic mass is 10.0. The van der Waals surface area contributed by atoms with Crippen molar-refractivity contribution in [3.05, 3.63) is 479 Å². The van der Waals surface area contributed by atoms with Crippen molar-refractivity contribution in [2.24, 2.45) is 0 Å². The summed E-state index contributed by atoms with van der Waals surface area (Å²) in [6.07, 6.45) is 0. The van der Waals surface area contributed by atoms with Crippen LogP contribution in [0.5, 0.6) is 0 Å². The normalized spacial score (nSPS) is 10.7. The van der Waals surface area contributed by atoms with E-state index in [4.69, 9.17) is 0 Å². The van der Waals surface area contributed by atoms with Crippen molar-refractivity contribution in [1.29, 1.82) is 0 Å². The van der Waals surface area contributed by atoms with Gasteiger partial charge in [0.15, 0.2) is 0 Å². The number of benzene rings is 18. The summed E-state index contributed by atoms with van der Waals surface area (Å²) in [6, 6.07) is 169. The Morgan fingerprint density at radius 2 is 0.287 bits per heavy atom. The lowest BCUT2D eigenvalue weighted by Gasteiger charge is -2.27. The molecule has 6 heteroatoms. The highest BCUT2D eigenvalue weighted by atomic mass is 15.2. The van der Waals surface area contributed by atoms with Crippen molar-refractivity contribution in [2.45, 2.75) is 0 Å². The van der Waals surface area contributed by atoms with Crippen LogP contribution in [0.25, 0.3) is 66.4 Å². The van der Waals surface area contributed by atoms with Crippen LogP contribution in [0.3, 0.4) is 0 Å². The number of hydrogen-bond acceptors (Lipinski definition) is 6. The molecule has 6 nitrogen and oxygen atoms in total. The second kappa shape index (κ2) is 35.8. The van der Waals surface area contributed by atoms with Crippen molar-refractivity contribution in [3.8, 4) is 55.6 Å². The van der Waals surface area contributed by atoms with E-state index in [1.54, 1.807) is 0 Å². The first-order valence-corrected chi connectivity index (χ1v) is 39.1. The number of nitrogens with zero attached hydrogens (tertiary/aromatic N) is 6. The minimum absolute atomic E-state index is 1.12. The Morgan fingerprint density at radius 3 is 0.565 bits per heavy atom. The fraction of sp³-hybridized carbons (Fsp3) is 0.0275. The summed E-state index contributed by atoms with van der Waals surface area (Å²) in [5.74, 6) is 0. The van der Waals surface area contributed by atoms with Gasteiger partial charge in [-0.05, 0) is 237 Å². The van der Waals surface area contributed by atoms with Crippen molar-refractivity contribution in [2.75, 3.05) is 50.5 Å². The van der Waals surface area contributed by atoms with E-state index in [0.717, 1.165) is 73.9 Å². The third-order valence-electron chi connectivity index (χ3n) is 21.1. The summed E-state index contributed by atoms with van der Waals surface area (Å²) in [4.78, 5) is 13.6. The van der Waals surface area contributed by atoms with Gasteiger partial charge in [-0.15, -0.1) is 0 Å². The molecule has 0 heterocycles. The molecule has 0 aliphatic heterocycles. The molecule has 18 rings (SSSR count). The van der Waals surface area contributed by atoms with Crippen molar-refractivity contribution < 1.29 is 0 Å². The lowest BCUT2D eigenvalue weighted by molar-refractivity contribution is 1.20. The molecule has 0 saturated carbocycles. The van der Waals surface area contributed by atoms with Gasteiger partial charge in [-0.25, -0.2) is 0 Å². The second-order valence-electron chi connectivity index (χ2n) is 28.3. The third kappa shape index (κ3) is 17.6. The fourth-order valence-corrected chi connectivity index (χ4v) is 14.8. The summed E-state index contributed by atoms with van der Waals surface area (Å²) < 4.78 is 0. The summed E-state index contributed by atoms with van der Waals surface area (Å²) in [5.41, 5.74) is 29.3. The van der Waals surface area contributed by atoms with Crippen LogP contribution in [0.4, 0.5) is 85.3 Å². The summed E-state index contributed by atoms with van der Waals surface area (Å²) in [6.45, 7) is 0. The van der Waals surface area contributed by atoms with Gasteiger partial charge in [0.1, 0.15) is 0 Å². The van der Waals surface area contributed by atoms with Crippen LogP contribution in [0, 0.1) is 0 Å². The highest BCUT2D eigenvalue weighted by molar-refractivity contribution is 5.99. The first kappa shape index (κ1) is 74.1. The van der Waals surface area contributed by atoms with Crippen LogP contribution in [-0.2, 0) is 0 Å². The number of rotatable bonds is 20. The minimum Gasteiger partial charge on any atom is -0.345 e. The smallest absolute Gasteiger partial charge is 0.0540 e. The first-order chi connectivity index (χ1) is 56.8. The molecule has 0 aliphatic carbocycles. The van der Waals surface area contributed by atoms with Gasteiger partial charge in [-0.2, -0.15) is 0 Å². The maximum atomic E-state index is 2.34. The molecule has 0 aromatic heterocycles. The highest BCUT2D eigenvalue weighted by Gasteiger charge is 2.19. The van der Waals surface area contributed by atoms with E-state index in [9.17, 15) is 0 Å². The van der Waals surface area contributed by atoms with Crippen molar-refractivity contribution in [3.63, 3.8) is 0 Å². The molecule has 0 saturated heterocycles. The van der Waals surface area contributed by atoms with Gasteiger partial charge in [0, 0.05) is 106 Å². The molecule has 0 aliphatic rings. The molecule has 0 fully saturated rings. The molecule has 0 N–H and O–H groups in total. The van der Waals surface area contributed by atoms with Crippen LogP contribution < -0.4 is 29.4 Å². The van der Waals surface area contributed by atoms with Gasteiger partial charge in [0.05, 0.1) is 5.69 Å². The Balaban J connectivity index is 0.000000130. The van der Waals surface area contributed by atoms with Crippen LogP contribution in [0.2, 0.25) is 0 Å². The summed E-state index contributed by atoms with van der Waals surface area (Å²) in [7, 11) is 6.33. The molecular weight excluding hydrogens is 1390 g/mol. The Labute approximate surface area is 677 Å². The zero-order valence-corrected chi connectivity index (χ0v) is 64.8. The fourth-order valence-electron chi connectivity index (χ4n) is 14.8. The molecule has 0 spiro atoms. The maximum Gasteiger partial charge on any atom is 0.0540 e. The predicted octanol–water partition coefficient (Wildman–Crippen LogP) is 30.3. The Bertz CT molecular complexity index is 5990. The van der Waals surface area contributed by atoms with Crippen LogP contribution in [-0.4, -0.2) is 21.1 Å². The average Bonchev–Trinajstić information content (AvgIpc) is 0.771. The van der Waals surface area contributed by atoms with Crippen LogP contribution >= 0.6 is 0 Å². The molecule has 0 amide bonds. The molecule has 0 radical (unpaired) electrons. The van der Waals surface area contributed by atoms with Gasteiger partial charge in [-0.1, -0.05) is 303 Å². The number of anilines is 15. The average molecular weight is 1480 g/mol. The minimum atomic E-state index is 1.12. The maximum absolute atomic E-state index is 2.34. The molecule has 0 atom stereocenters. The van der Waals surface area contributed by atoms with Gasteiger partial charge < -0.3 is 29.4 Å². The standard InChI is InChI=1S/2C37H30N2.C35H28N2/c1-38(33-23-17-30(18-24-33)29-11-5-2-6-12-29)34-25-19-31(20-26-34)32-21-27-37(28-22-32)39(35-13-7-3-8-14-35)36-15-9-4-10-16-36;1-38(33-21-17-31(18-22-33)29-11-5-2-6-12-29)34-25-27-37(28-26-34)39(35-15-9-4-10-16-35)36-23-19-32(20-24-36)30-13-7-3-8-14-30;1-36(30-13-4-2-5-14-30)31-23-19-27(20-24-31)28-21-25-33(26-22-28)37(32-15-6-3-7-16-32)35-18-10-12-29-11-8-9-17-34(29)35/h2*2-28H,1H3;2-26H,1H3. The molecule has 0 bridgehead atoms. The van der Waals surface area contributed by atoms with Crippen molar-refractivity contribution in [1.82, 2.24) is 0 Å². The molecule has 18 aromatic carbocycles. The lowest BCUT2D eigenvalue weighted by Crippen LogP contribution is -2.11. The molecular formula is C109H88N6. The van der Waals surface area contributed by atoms with E-state index in [1.807, 2.05) is 18.2 Å². The molecule has 115 heavy (non-hydrogen) atoms. The number of para-hydroxylation sites is 5. The highest BCUT2D eigenvalue weighted by Crippen LogP contribution is 2.43. The second-order valence-corrected chi connectivity index (χ2v) is 28.3. The van der Waals surface area contributed by atoms with E-state index in [-0.39, 0.29) is 0 Å². The van der Waals surface area contributed by atoms with Gasteiger partial charge in [-0.3, -0.25) is 0 Å². The van der Waals surface area contributed by atoms with Gasteiger partial charge in [0.25, 0.3) is 0 Å². The summed E-state index contributed by atoms with van der Waals surface area (Å²) >= 11 is 0. The van der Waals surface area contributed by atoms with Crippen molar-refractivity contribution >= 4 is 96.1 Å². The SMILES string of the molecule is CN(c1ccc(-c2ccccc2)cc1)c1ccc(-c2ccc(N(c3ccccc3)c3ccccc3)cc2)cc1.CN(c1ccc(-c2ccccc2)cc1)c1ccc(N(c2ccccc2)c2ccc(-c3ccccc3)cc2)cc1.CN(c1ccccc1)c1ccc(-c2ccc(N(c3ccccc3)c3cccc4ccccc34)cc2)cc1. The summed E-state index contributed by atoms with van der Waals surface area (Å²) in [5, 5.41) is 2.47. The Kier molecular flexibility index (Phi) is 23.1. The Hall–Kier alpha value is -15.0. The van der Waals surface area contributed by atoms with E-state index < -0.39 is 0 Å². The van der Waals surface area contributed by atoms with E-state index in [0.29, 0.717) is 0 Å². The molecule has 554 valence electrons. The van der Waals surface area contributed by atoms with E-state index in [1.165, 1.54) is 77.8 Å². The van der Waals surface area contributed by atoms with E-state index >= 15 is 0 Å². The Morgan fingerprint density at radius 1 is 0.122 bits per heavy atom. The predicted molar refractivity (Wildman–Crippen MR) is 492 cm³/mol. The monoisotopic (exact) mass is 1480 g/mol. The number of fused-ring (bicyclic) bond motifs is 1.